The fourth-order valence-corrected chi connectivity index (χ4v) is 3.44. The molecule has 2 aliphatic rings. The van der Waals surface area contributed by atoms with E-state index < -0.39 is 0 Å². The van der Waals surface area contributed by atoms with Gasteiger partial charge in [0.15, 0.2) is 0 Å². The molecule has 3 atom stereocenters. The minimum Gasteiger partial charge on any atom is -0.378 e. The zero-order valence-corrected chi connectivity index (χ0v) is 13.1. The van der Waals surface area contributed by atoms with Crippen LogP contribution in [0.25, 0.3) is 0 Å². The van der Waals surface area contributed by atoms with Crippen LogP contribution in [-0.4, -0.2) is 67.3 Å². The molecule has 0 saturated carbocycles. The Bertz CT molecular complexity index is 297. The van der Waals surface area contributed by atoms with Crippen LogP contribution in [0.2, 0.25) is 0 Å². The number of nitrogens with zero attached hydrogens (tertiary/aromatic N) is 2. The minimum atomic E-state index is 0.169. The molecule has 2 fully saturated rings. The zero-order chi connectivity index (χ0) is 14.0. The molecule has 0 aromatic rings. The Labute approximate surface area is 118 Å². The van der Waals surface area contributed by atoms with Gasteiger partial charge >= 0.3 is 0 Å². The largest absolute Gasteiger partial charge is 0.378 e. The van der Waals surface area contributed by atoms with E-state index in [9.17, 15) is 0 Å². The lowest BCUT2D eigenvalue weighted by Gasteiger charge is -2.52. The maximum absolute atomic E-state index is 6.20. The van der Waals surface area contributed by atoms with Crippen LogP contribution >= 0.6 is 0 Å². The minimum absolute atomic E-state index is 0.169. The molecule has 0 bridgehead atoms. The third-order valence-electron chi connectivity index (χ3n) is 5.23. The van der Waals surface area contributed by atoms with Gasteiger partial charge in [0, 0.05) is 44.4 Å². The van der Waals surface area contributed by atoms with Gasteiger partial charge in [-0.2, -0.15) is 0 Å². The average molecular weight is 269 g/mol. The van der Waals surface area contributed by atoms with Crippen LogP contribution in [0.1, 0.15) is 33.6 Å². The highest BCUT2D eigenvalue weighted by molar-refractivity contribution is 4.99. The van der Waals surface area contributed by atoms with Crippen molar-refractivity contribution in [1.82, 2.24) is 9.80 Å². The van der Waals surface area contributed by atoms with E-state index in [1.807, 2.05) is 0 Å². The van der Waals surface area contributed by atoms with Gasteiger partial charge in [-0.1, -0.05) is 13.8 Å². The summed E-state index contributed by atoms with van der Waals surface area (Å²) >= 11 is 0. The van der Waals surface area contributed by atoms with Crippen molar-refractivity contribution in [3.63, 3.8) is 0 Å². The van der Waals surface area contributed by atoms with E-state index in [2.05, 4.69) is 37.6 Å². The molecule has 0 aromatic carbocycles. The van der Waals surface area contributed by atoms with Gasteiger partial charge in [-0.3, -0.25) is 4.90 Å². The maximum atomic E-state index is 6.20. The SMILES string of the molecule is CC(C)C1CC(CN)(N2CCN(C)C(C)C2)CCO1. The van der Waals surface area contributed by atoms with Crippen LogP contribution < -0.4 is 5.73 Å². The van der Waals surface area contributed by atoms with Gasteiger partial charge in [0.2, 0.25) is 0 Å². The highest BCUT2D eigenvalue weighted by Gasteiger charge is 2.43. The Morgan fingerprint density at radius 3 is 2.68 bits per heavy atom. The van der Waals surface area contributed by atoms with Gasteiger partial charge in [0.25, 0.3) is 0 Å². The molecule has 0 amide bonds. The van der Waals surface area contributed by atoms with E-state index >= 15 is 0 Å². The lowest BCUT2D eigenvalue weighted by atomic mass is 9.81. The molecule has 4 nitrogen and oxygen atoms in total. The number of likely N-dealkylation sites (N-methyl/N-ethyl adjacent to an activating group) is 1. The molecule has 0 aromatic heterocycles. The number of hydrogen-bond acceptors (Lipinski definition) is 4. The number of rotatable bonds is 3. The molecular formula is C15H31N3O. The number of hydrogen-bond donors (Lipinski definition) is 1. The predicted molar refractivity (Wildman–Crippen MR) is 79.3 cm³/mol. The Balaban J connectivity index is 2.09. The molecule has 0 aliphatic carbocycles. The molecule has 0 radical (unpaired) electrons. The normalized spacial score (nSPS) is 38.8. The first-order valence-electron chi connectivity index (χ1n) is 7.75. The summed E-state index contributed by atoms with van der Waals surface area (Å²) in [7, 11) is 2.22. The monoisotopic (exact) mass is 269 g/mol. The first-order valence-corrected chi connectivity index (χ1v) is 7.75. The highest BCUT2D eigenvalue weighted by Crippen LogP contribution is 2.34. The van der Waals surface area contributed by atoms with E-state index in [0.717, 1.165) is 45.6 Å². The van der Waals surface area contributed by atoms with Crippen LogP contribution in [0, 0.1) is 5.92 Å². The molecule has 0 spiro atoms. The highest BCUT2D eigenvalue weighted by atomic mass is 16.5. The van der Waals surface area contributed by atoms with Crippen LogP contribution in [-0.2, 0) is 4.74 Å². The Hall–Kier alpha value is -0.160. The van der Waals surface area contributed by atoms with Crippen molar-refractivity contribution in [3.05, 3.63) is 0 Å². The fraction of sp³-hybridized carbons (Fsp3) is 1.00. The molecule has 3 unspecified atom stereocenters. The van der Waals surface area contributed by atoms with E-state index in [4.69, 9.17) is 10.5 Å². The lowest BCUT2D eigenvalue weighted by molar-refractivity contribution is -0.100. The third-order valence-corrected chi connectivity index (χ3v) is 5.23. The van der Waals surface area contributed by atoms with Crippen molar-refractivity contribution < 1.29 is 4.74 Å². The zero-order valence-electron chi connectivity index (χ0n) is 13.1. The Morgan fingerprint density at radius 2 is 2.11 bits per heavy atom. The van der Waals surface area contributed by atoms with Gasteiger partial charge in [-0.05, 0) is 32.7 Å². The molecule has 2 aliphatic heterocycles. The summed E-state index contributed by atoms with van der Waals surface area (Å²) in [5.74, 6) is 0.580. The second-order valence-electron chi connectivity index (χ2n) is 6.81. The van der Waals surface area contributed by atoms with Gasteiger partial charge < -0.3 is 15.4 Å². The van der Waals surface area contributed by atoms with Gasteiger partial charge in [-0.15, -0.1) is 0 Å². The quantitative estimate of drug-likeness (QED) is 0.835. The first kappa shape index (κ1) is 15.2. The summed E-state index contributed by atoms with van der Waals surface area (Å²) in [6.45, 7) is 11.9. The van der Waals surface area contributed by atoms with Gasteiger partial charge in [-0.25, -0.2) is 0 Å². The van der Waals surface area contributed by atoms with Crippen molar-refractivity contribution in [2.75, 3.05) is 39.8 Å². The van der Waals surface area contributed by atoms with E-state index in [1.165, 1.54) is 0 Å². The summed E-state index contributed by atoms with van der Waals surface area (Å²) in [4.78, 5) is 5.09. The third kappa shape index (κ3) is 3.13. The Morgan fingerprint density at radius 1 is 1.37 bits per heavy atom. The molecular weight excluding hydrogens is 238 g/mol. The van der Waals surface area contributed by atoms with Crippen molar-refractivity contribution in [3.8, 4) is 0 Å². The topological polar surface area (TPSA) is 41.7 Å². The first-order chi connectivity index (χ1) is 8.98. The predicted octanol–water partition coefficient (Wildman–Crippen LogP) is 1.15. The van der Waals surface area contributed by atoms with Crippen LogP contribution in [0.5, 0.6) is 0 Å². The smallest absolute Gasteiger partial charge is 0.0616 e. The summed E-state index contributed by atoms with van der Waals surface area (Å²) in [6.07, 6.45) is 2.55. The second-order valence-corrected chi connectivity index (χ2v) is 6.81. The summed E-state index contributed by atoms with van der Waals surface area (Å²) in [5, 5.41) is 0. The number of ether oxygens (including phenoxy) is 1. The number of piperazine rings is 1. The second kappa shape index (κ2) is 6.08. The lowest BCUT2D eigenvalue weighted by Crippen LogP contribution is -2.64. The molecule has 4 heteroatoms. The summed E-state index contributed by atoms with van der Waals surface area (Å²) < 4.78 is 5.94. The van der Waals surface area contributed by atoms with Crippen molar-refractivity contribution in [2.24, 2.45) is 11.7 Å². The van der Waals surface area contributed by atoms with Crippen LogP contribution in [0.15, 0.2) is 0 Å². The maximum Gasteiger partial charge on any atom is 0.0616 e. The van der Waals surface area contributed by atoms with E-state index in [-0.39, 0.29) is 5.54 Å². The molecule has 2 saturated heterocycles. The summed E-state index contributed by atoms with van der Waals surface area (Å²) in [6, 6.07) is 0.623. The molecule has 112 valence electrons. The average Bonchev–Trinajstić information content (AvgIpc) is 2.41. The molecule has 2 heterocycles. The molecule has 19 heavy (non-hydrogen) atoms. The van der Waals surface area contributed by atoms with Crippen LogP contribution in [0.3, 0.4) is 0 Å². The van der Waals surface area contributed by atoms with E-state index in [1.54, 1.807) is 0 Å². The van der Waals surface area contributed by atoms with Crippen LogP contribution in [0.4, 0.5) is 0 Å². The summed E-state index contributed by atoms with van der Waals surface area (Å²) in [5.41, 5.74) is 6.37. The number of nitrogens with two attached hydrogens (primary N) is 1. The van der Waals surface area contributed by atoms with E-state index in [0.29, 0.717) is 18.1 Å². The fourth-order valence-electron chi connectivity index (χ4n) is 3.44. The van der Waals surface area contributed by atoms with Gasteiger partial charge in [0.05, 0.1) is 6.10 Å². The van der Waals surface area contributed by atoms with Gasteiger partial charge in [0.1, 0.15) is 0 Å². The molecule has 2 rings (SSSR count). The Kier molecular flexibility index (Phi) is 4.88. The molecule has 2 N–H and O–H groups in total. The van der Waals surface area contributed by atoms with Crippen molar-refractivity contribution in [2.45, 2.75) is 51.3 Å². The van der Waals surface area contributed by atoms with Crippen molar-refractivity contribution in [1.29, 1.82) is 0 Å². The van der Waals surface area contributed by atoms with Crippen molar-refractivity contribution >= 4 is 0 Å². The standard InChI is InChI=1S/C15H31N3O/c1-12(2)14-9-15(11-16,5-8-19-14)18-7-6-17(4)13(3)10-18/h12-14H,5-11,16H2,1-4H3.